The Balaban J connectivity index is 1.52. The fourth-order valence-electron chi connectivity index (χ4n) is 6.76. The molecule has 3 heteroatoms. The van der Waals surface area contributed by atoms with Crippen molar-refractivity contribution in [3.05, 3.63) is 70.9 Å². The molecule has 2 bridgehead atoms. The predicted molar refractivity (Wildman–Crippen MR) is 121 cm³/mol. The Hall–Kier alpha value is -2.39. The number of nitrogens with zero attached hydrogens (tertiary/aromatic N) is 2. The molecule has 1 aliphatic heterocycles. The average Bonchev–Trinajstić information content (AvgIpc) is 2.73. The third-order valence-electron chi connectivity index (χ3n) is 7.96. The summed E-state index contributed by atoms with van der Waals surface area (Å²) >= 11 is 0. The van der Waals surface area contributed by atoms with Gasteiger partial charge >= 0.3 is 0 Å². The zero-order chi connectivity index (χ0) is 20.5. The van der Waals surface area contributed by atoms with E-state index in [1.165, 1.54) is 34.3 Å². The van der Waals surface area contributed by atoms with E-state index in [9.17, 15) is 5.11 Å². The lowest BCUT2D eigenvalue weighted by Crippen LogP contribution is -2.63. The predicted octanol–water partition coefficient (Wildman–Crippen LogP) is 4.88. The summed E-state index contributed by atoms with van der Waals surface area (Å²) in [5.74, 6) is 1.68. The Morgan fingerprint density at radius 1 is 1.10 bits per heavy atom. The van der Waals surface area contributed by atoms with Crippen molar-refractivity contribution < 1.29 is 5.11 Å². The Labute approximate surface area is 178 Å². The molecule has 154 valence electrons. The number of fused-ring (bicyclic) bond motifs is 3. The number of hydrogen-bond donors (Lipinski definition) is 1. The first kappa shape index (κ1) is 18.4. The third-order valence-corrected chi connectivity index (χ3v) is 7.96. The minimum absolute atomic E-state index is 0.104. The van der Waals surface area contributed by atoms with E-state index in [1.807, 2.05) is 6.07 Å². The number of likely N-dealkylation sites (tertiary alicyclic amines) is 1. The maximum absolute atomic E-state index is 10.4. The van der Waals surface area contributed by atoms with Crippen LogP contribution in [0.4, 0.5) is 0 Å². The lowest BCUT2D eigenvalue weighted by Gasteiger charge is -2.59. The fourth-order valence-corrected chi connectivity index (χ4v) is 6.76. The molecule has 1 fully saturated rings. The van der Waals surface area contributed by atoms with Gasteiger partial charge in [-0.2, -0.15) is 0 Å². The number of aromatic hydroxyl groups is 1. The van der Waals surface area contributed by atoms with Gasteiger partial charge in [-0.25, -0.2) is 0 Å². The summed E-state index contributed by atoms with van der Waals surface area (Å²) in [4.78, 5) is 7.90. The zero-order valence-electron chi connectivity index (χ0n) is 17.9. The van der Waals surface area contributed by atoms with Crippen LogP contribution in [-0.4, -0.2) is 34.1 Å². The molecule has 1 N–H and O–H groups in total. The Morgan fingerprint density at radius 3 is 2.83 bits per heavy atom. The lowest BCUT2D eigenvalue weighted by atomic mass is 9.52. The van der Waals surface area contributed by atoms with Crippen molar-refractivity contribution in [3.8, 4) is 5.75 Å². The van der Waals surface area contributed by atoms with Crippen molar-refractivity contribution in [1.29, 1.82) is 0 Å². The van der Waals surface area contributed by atoms with Gasteiger partial charge in [0.25, 0.3) is 0 Å². The van der Waals surface area contributed by atoms with Crippen LogP contribution in [0.5, 0.6) is 5.75 Å². The topological polar surface area (TPSA) is 36.4 Å². The van der Waals surface area contributed by atoms with Crippen molar-refractivity contribution in [3.63, 3.8) is 0 Å². The first-order chi connectivity index (χ1) is 14.5. The van der Waals surface area contributed by atoms with E-state index < -0.39 is 0 Å². The van der Waals surface area contributed by atoms with Crippen molar-refractivity contribution in [1.82, 2.24) is 9.88 Å². The van der Waals surface area contributed by atoms with Gasteiger partial charge < -0.3 is 5.11 Å². The highest BCUT2D eigenvalue weighted by Crippen LogP contribution is 2.55. The number of phenols is 1. The molecule has 2 heterocycles. The molecular weight excluding hydrogens is 368 g/mol. The van der Waals surface area contributed by atoms with Gasteiger partial charge in [0.1, 0.15) is 5.75 Å². The zero-order valence-corrected chi connectivity index (χ0v) is 17.9. The second-order valence-electron chi connectivity index (χ2n) is 10.2. The van der Waals surface area contributed by atoms with Crippen molar-refractivity contribution in [2.24, 2.45) is 11.8 Å². The maximum Gasteiger partial charge on any atom is 0.115 e. The fraction of sp³-hybridized carbons (Fsp3) is 0.444. The molecule has 1 saturated heterocycles. The largest absolute Gasteiger partial charge is 0.508 e. The molecule has 3 atom stereocenters. The molecule has 6 rings (SSSR count). The summed E-state index contributed by atoms with van der Waals surface area (Å²) in [7, 11) is 0. The molecule has 2 aliphatic carbocycles. The Kier molecular flexibility index (Phi) is 4.02. The van der Waals surface area contributed by atoms with E-state index in [4.69, 9.17) is 4.98 Å². The quantitative estimate of drug-likeness (QED) is 0.668. The van der Waals surface area contributed by atoms with E-state index in [1.54, 1.807) is 0 Å². The van der Waals surface area contributed by atoms with E-state index in [0.717, 1.165) is 37.7 Å². The van der Waals surface area contributed by atoms with Crippen molar-refractivity contribution in [2.75, 3.05) is 13.1 Å². The first-order valence-corrected chi connectivity index (χ1v) is 11.5. The summed E-state index contributed by atoms with van der Waals surface area (Å²) in [6.07, 6.45) is 4.36. The second-order valence-corrected chi connectivity index (χ2v) is 10.2. The van der Waals surface area contributed by atoms with Crippen LogP contribution in [0.15, 0.2) is 48.5 Å². The first-order valence-electron chi connectivity index (χ1n) is 11.5. The second kappa shape index (κ2) is 6.55. The van der Waals surface area contributed by atoms with Crippen LogP contribution in [0, 0.1) is 11.8 Å². The monoisotopic (exact) mass is 398 g/mol. The van der Waals surface area contributed by atoms with Crippen LogP contribution >= 0.6 is 0 Å². The molecule has 3 aromatic rings. The molecule has 0 spiro atoms. The highest BCUT2D eigenvalue weighted by atomic mass is 16.3. The number of para-hydroxylation sites is 1. The van der Waals surface area contributed by atoms with Crippen LogP contribution in [0.3, 0.4) is 0 Å². The van der Waals surface area contributed by atoms with Gasteiger partial charge in [-0.05, 0) is 78.6 Å². The van der Waals surface area contributed by atoms with Gasteiger partial charge in [0.05, 0.1) is 5.52 Å². The maximum atomic E-state index is 10.4. The number of phenolic OH excluding ortho intramolecular Hbond substituents is 1. The van der Waals surface area contributed by atoms with Crippen molar-refractivity contribution >= 4 is 10.9 Å². The molecule has 3 aliphatic rings. The standard InChI is InChI=1S/C27H30N2O/c1-17(2)16-29-10-9-27-15-25-20(11-19-5-3-4-6-24(19)28-25)12-23(27)26(29)13-18-7-8-21(30)14-22(18)27/h3-8,11,14,17,23,26,30H,9-10,12-13,15-16H2,1-2H3. The Bertz CT molecular complexity index is 1140. The number of aromatic nitrogens is 1. The molecule has 3 nitrogen and oxygen atoms in total. The van der Waals surface area contributed by atoms with Crippen LogP contribution in [-0.2, 0) is 24.7 Å². The summed E-state index contributed by atoms with van der Waals surface area (Å²) in [5, 5.41) is 11.6. The van der Waals surface area contributed by atoms with Crippen LogP contribution in [0.25, 0.3) is 10.9 Å². The minimum atomic E-state index is 0.104. The summed E-state index contributed by atoms with van der Waals surface area (Å²) in [5.41, 5.74) is 6.76. The third kappa shape index (κ3) is 2.64. The number of rotatable bonds is 2. The average molecular weight is 399 g/mol. The normalized spacial score (nSPS) is 27.6. The van der Waals surface area contributed by atoms with Gasteiger partial charge in [0.2, 0.25) is 0 Å². The van der Waals surface area contributed by atoms with E-state index in [2.05, 4.69) is 61.2 Å². The number of pyridine rings is 1. The molecule has 3 unspecified atom stereocenters. The van der Waals surface area contributed by atoms with Gasteiger partial charge in [0, 0.05) is 35.5 Å². The molecule has 2 aromatic carbocycles. The number of hydrogen-bond acceptors (Lipinski definition) is 3. The molecule has 0 radical (unpaired) electrons. The minimum Gasteiger partial charge on any atom is -0.508 e. The van der Waals surface area contributed by atoms with Gasteiger partial charge in [-0.3, -0.25) is 9.88 Å². The molecule has 0 amide bonds. The molecule has 30 heavy (non-hydrogen) atoms. The van der Waals surface area contributed by atoms with Crippen LogP contribution in [0.1, 0.15) is 42.7 Å². The number of benzene rings is 2. The molecular formula is C27H30N2O. The van der Waals surface area contributed by atoms with E-state index in [-0.39, 0.29) is 5.41 Å². The highest BCUT2D eigenvalue weighted by Gasteiger charge is 2.55. The van der Waals surface area contributed by atoms with E-state index in [0.29, 0.717) is 23.6 Å². The Morgan fingerprint density at radius 2 is 1.97 bits per heavy atom. The van der Waals surface area contributed by atoms with Gasteiger partial charge in [0.15, 0.2) is 0 Å². The summed E-state index contributed by atoms with van der Waals surface area (Å²) in [6.45, 7) is 7.00. The van der Waals surface area contributed by atoms with Crippen LogP contribution < -0.4 is 0 Å². The highest BCUT2D eigenvalue weighted by molar-refractivity contribution is 5.79. The SMILES string of the molecule is CC(C)CN1CCC23Cc4nc5ccccc5cc4CC2C1Cc1ccc(O)cc13. The van der Waals surface area contributed by atoms with Crippen LogP contribution in [0.2, 0.25) is 0 Å². The van der Waals surface area contributed by atoms with Gasteiger partial charge in [-0.15, -0.1) is 0 Å². The lowest BCUT2D eigenvalue weighted by molar-refractivity contribution is 0.00122. The smallest absolute Gasteiger partial charge is 0.115 e. The van der Waals surface area contributed by atoms with E-state index >= 15 is 0 Å². The van der Waals surface area contributed by atoms with Gasteiger partial charge in [-0.1, -0.05) is 38.1 Å². The molecule has 0 saturated carbocycles. The summed E-state index contributed by atoms with van der Waals surface area (Å²) < 4.78 is 0. The molecule has 1 aromatic heterocycles. The van der Waals surface area contributed by atoms with Crippen molar-refractivity contribution in [2.45, 2.75) is 51.0 Å². The number of piperidine rings is 1. The summed E-state index contributed by atoms with van der Waals surface area (Å²) in [6, 6.07) is 17.6.